The van der Waals surface area contributed by atoms with Crippen LogP contribution < -0.4 is 4.74 Å². The van der Waals surface area contributed by atoms with Crippen LogP contribution in [0.4, 0.5) is 0 Å². The molecule has 3 rings (SSSR count). The van der Waals surface area contributed by atoms with Crippen molar-refractivity contribution in [1.82, 2.24) is 4.90 Å². The molecule has 0 saturated carbocycles. The third kappa shape index (κ3) is 4.60. The lowest BCUT2D eigenvalue weighted by atomic mass is 9.82. The van der Waals surface area contributed by atoms with Gasteiger partial charge >= 0.3 is 0 Å². The van der Waals surface area contributed by atoms with Crippen LogP contribution in [0.5, 0.6) is 5.75 Å². The molecule has 1 aliphatic heterocycles. The van der Waals surface area contributed by atoms with E-state index in [4.69, 9.17) is 4.74 Å². The normalized spacial score (nSPS) is 17.3. The highest BCUT2D eigenvalue weighted by molar-refractivity contribution is 5.98. The van der Waals surface area contributed by atoms with E-state index in [1.165, 1.54) is 4.90 Å². The summed E-state index contributed by atoms with van der Waals surface area (Å²) in [5.74, 6) is 0.930. The maximum absolute atomic E-state index is 12.5. The van der Waals surface area contributed by atoms with Crippen LogP contribution in [0.2, 0.25) is 0 Å². The Balaban J connectivity index is 1.85. The Morgan fingerprint density at radius 1 is 0.962 bits per heavy atom. The van der Waals surface area contributed by atoms with Crippen LogP contribution in [0.3, 0.4) is 0 Å². The first-order valence-electron chi connectivity index (χ1n) is 8.75. The van der Waals surface area contributed by atoms with Gasteiger partial charge in [0.2, 0.25) is 11.8 Å². The smallest absolute Gasteiger partial charge is 0.230 e. The predicted molar refractivity (Wildman–Crippen MR) is 101 cm³/mol. The molecule has 2 amide bonds. The molecule has 1 aliphatic rings. The van der Waals surface area contributed by atoms with E-state index in [1.807, 2.05) is 80.6 Å². The SMILES string of the molecule is CC1(C)CC(=O)N(C/C(=C/c2ccccc2)Oc2ccccc2)C(=O)C1. The molecule has 2 aromatic carbocycles. The Kier molecular flexibility index (Phi) is 5.21. The molecule has 4 heteroatoms. The zero-order valence-corrected chi connectivity index (χ0v) is 15.1. The molecule has 1 saturated heterocycles. The number of carbonyl (C=O) groups is 2. The number of ether oxygens (including phenoxy) is 1. The van der Waals surface area contributed by atoms with Crippen molar-refractivity contribution in [3.05, 3.63) is 72.0 Å². The Morgan fingerprint density at radius 2 is 1.50 bits per heavy atom. The zero-order valence-electron chi connectivity index (χ0n) is 15.1. The molecule has 0 spiro atoms. The van der Waals surface area contributed by atoms with Gasteiger partial charge < -0.3 is 4.74 Å². The van der Waals surface area contributed by atoms with Crippen LogP contribution in [0.25, 0.3) is 6.08 Å². The molecule has 1 fully saturated rings. The van der Waals surface area contributed by atoms with Gasteiger partial charge in [-0.25, -0.2) is 0 Å². The summed E-state index contributed by atoms with van der Waals surface area (Å²) >= 11 is 0. The number of rotatable bonds is 5. The van der Waals surface area contributed by atoms with Gasteiger partial charge in [0.25, 0.3) is 0 Å². The summed E-state index contributed by atoms with van der Waals surface area (Å²) in [6.07, 6.45) is 2.60. The monoisotopic (exact) mass is 349 g/mol. The van der Waals surface area contributed by atoms with E-state index in [0.717, 1.165) is 5.56 Å². The number of hydrogen-bond donors (Lipinski definition) is 0. The highest BCUT2D eigenvalue weighted by Gasteiger charge is 2.37. The Bertz CT molecular complexity index is 790. The summed E-state index contributed by atoms with van der Waals surface area (Å²) in [4.78, 5) is 26.3. The van der Waals surface area contributed by atoms with Crippen molar-refractivity contribution in [2.75, 3.05) is 6.54 Å². The fraction of sp³-hybridized carbons (Fsp3) is 0.273. The van der Waals surface area contributed by atoms with Gasteiger partial charge in [-0.2, -0.15) is 0 Å². The van der Waals surface area contributed by atoms with Crippen molar-refractivity contribution in [3.63, 3.8) is 0 Å². The van der Waals surface area contributed by atoms with Gasteiger partial charge in [-0.1, -0.05) is 62.4 Å². The molecule has 0 aromatic heterocycles. The lowest BCUT2D eigenvalue weighted by molar-refractivity contribution is -0.152. The summed E-state index contributed by atoms with van der Waals surface area (Å²) in [7, 11) is 0. The summed E-state index contributed by atoms with van der Waals surface area (Å²) in [5.41, 5.74) is 0.671. The van der Waals surface area contributed by atoms with E-state index in [0.29, 0.717) is 24.4 Å². The van der Waals surface area contributed by atoms with E-state index >= 15 is 0 Å². The van der Waals surface area contributed by atoms with Crippen LogP contribution >= 0.6 is 0 Å². The fourth-order valence-corrected chi connectivity index (χ4v) is 3.03. The van der Waals surface area contributed by atoms with Gasteiger partial charge in [-0.3, -0.25) is 14.5 Å². The number of para-hydroxylation sites is 1. The van der Waals surface area contributed by atoms with Gasteiger partial charge in [0.1, 0.15) is 11.5 Å². The van der Waals surface area contributed by atoms with Crippen LogP contribution in [0.15, 0.2) is 66.4 Å². The molecule has 0 bridgehead atoms. The van der Waals surface area contributed by atoms with E-state index in [2.05, 4.69) is 0 Å². The number of nitrogens with zero attached hydrogens (tertiary/aromatic N) is 1. The van der Waals surface area contributed by atoms with Crippen molar-refractivity contribution in [2.24, 2.45) is 5.41 Å². The third-order valence-corrected chi connectivity index (χ3v) is 4.29. The average molecular weight is 349 g/mol. The highest BCUT2D eigenvalue weighted by atomic mass is 16.5. The van der Waals surface area contributed by atoms with Gasteiger partial charge in [0, 0.05) is 12.8 Å². The average Bonchev–Trinajstić information content (AvgIpc) is 2.59. The second-order valence-corrected chi connectivity index (χ2v) is 7.33. The van der Waals surface area contributed by atoms with Crippen LogP contribution in [-0.4, -0.2) is 23.3 Å². The minimum absolute atomic E-state index is 0.136. The van der Waals surface area contributed by atoms with E-state index in [1.54, 1.807) is 0 Å². The zero-order chi connectivity index (χ0) is 18.6. The molecule has 2 aromatic rings. The lowest BCUT2D eigenvalue weighted by Gasteiger charge is -2.34. The van der Waals surface area contributed by atoms with Crippen molar-refractivity contribution in [3.8, 4) is 5.75 Å². The first kappa shape index (κ1) is 17.9. The molecule has 0 radical (unpaired) electrons. The molecule has 0 atom stereocenters. The molecule has 0 unspecified atom stereocenters. The second kappa shape index (κ2) is 7.56. The topological polar surface area (TPSA) is 46.6 Å². The van der Waals surface area contributed by atoms with Gasteiger partial charge in [0.15, 0.2) is 0 Å². The lowest BCUT2D eigenvalue weighted by Crippen LogP contribution is -2.47. The number of hydrogen-bond acceptors (Lipinski definition) is 3. The summed E-state index contributed by atoms with van der Waals surface area (Å²) in [6, 6.07) is 19.1. The fourth-order valence-electron chi connectivity index (χ4n) is 3.03. The molecule has 4 nitrogen and oxygen atoms in total. The van der Waals surface area contributed by atoms with E-state index in [9.17, 15) is 9.59 Å². The van der Waals surface area contributed by atoms with Crippen molar-refractivity contribution in [1.29, 1.82) is 0 Å². The molecule has 1 heterocycles. The molecule has 0 aliphatic carbocycles. The number of carbonyl (C=O) groups excluding carboxylic acids is 2. The van der Waals surface area contributed by atoms with E-state index in [-0.39, 0.29) is 23.8 Å². The number of likely N-dealkylation sites (tertiary alicyclic amines) is 1. The summed E-state index contributed by atoms with van der Waals surface area (Å²) in [6.45, 7) is 4.03. The summed E-state index contributed by atoms with van der Waals surface area (Å²) in [5, 5.41) is 0. The largest absolute Gasteiger partial charge is 0.460 e. The third-order valence-electron chi connectivity index (χ3n) is 4.29. The predicted octanol–water partition coefficient (Wildman–Crippen LogP) is 4.28. The Morgan fingerprint density at radius 3 is 2.08 bits per heavy atom. The van der Waals surface area contributed by atoms with E-state index < -0.39 is 0 Å². The number of benzene rings is 2. The number of amides is 2. The quantitative estimate of drug-likeness (QED) is 0.598. The van der Waals surface area contributed by atoms with Gasteiger partial charge in [-0.05, 0) is 29.2 Å². The first-order chi connectivity index (χ1) is 12.4. The van der Waals surface area contributed by atoms with Crippen molar-refractivity contribution >= 4 is 17.9 Å². The molecular weight excluding hydrogens is 326 g/mol. The minimum atomic E-state index is -0.283. The highest BCUT2D eigenvalue weighted by Crippen LogP contribution is 2.32. The minimum Gasteiger partial charge on any atom is -0.460 e. The number of piperidine rings is 1. The second-order valence-electron chi connectivity index (χ2n) is 7.33. The Hall–Kier alpha value is -2.88. The van der Waals surface area contributed by atoms with Gasteiger partial charge in [-0.15, -0.1) is 0 Å². The summed E-state index contributed by atoms with van der Waals surface area (Å²) < 4.78 is 5.98. The standard InChI is InChI=1S/C22H23NO3/c1-22(2)14-20(24)23(21(25)15-22)16-19(13-17-9-5-3-6-10-17)26-18-11-7-4-8-12-18/h3-13H,14-16H2,1-2H3/b19-13-. The number of imide groups is 1. The van der Waals surface area contributed by atoms with Crippen molar-refractivity contribution in [2.45, 2.75) is 26.7 Å². The van der Waals surface area contributed by atoms with Crippen LogP contribution in [-0.2, 0) is 9.59 Å². The molecule has 134 valence electrons. The first-order valence-corrected chi connectivity index (χ1v) is 8.75. The molecule has 0 N–H and O–H groups in total. The van der Waals surface area contributed by atoms with Crippen molar-refractivity contribution < 1.29 is 14.3 Å². The van der Waals surface area contributed by atoms with Crippen LogP contribution in [0, 0.1) is 5.41 Å². The van der Waals surface area contributed by atoms with Crippen LogP contribution in [0.1, 0.15) is 32.3 Å². The Labute approximate surface area is 154 Å². The van der Waals surface area contributed by atoms with Gasteiger partial charge in [0.05, 0.1) is 6.54 Å². The maximum Gasteiger partial charge on any atom is 0.230 e. The molecular formula is C22H23NO3. The maximum atomic E-state index is 12.5. The molecule has 26 heavy (non-hydrogen) atoms.